The van der Waals surface area contributed by atoms with Crippen LogP contribution in [0.2, 0.25) is 0 Å². The Morgan fingerprint density at radius 2 is 1.80 bits per heavy atom. The summed E-state index contributed by atoms with van der Waals surface area (Å²) in [7, 11) is 0. The number of rotatable bonds is 1. The number of hydrogen-bond acceptors (Lipinski definition) is 1. The minimum absolute atomic E-state index is 0.184. The second-order valence-corrected chi connectivity index (χ2v) is 5.14. The highest BCUT2D eigenvalue weighted by molar-refractivity contribution is 5.39. The molecule has 0 bridgehead atoms. The zero-order valence-electron chi connectivity index (χ0n) is 10.8. The molecular formula is C16H14F3N. The van der Waals surface area contributed by atoms with Gasteiger partial charge >= 0.3 is 6.18 Å². The van der Waals surface area contributed by atoms with E-state index in [0.29, 0.717) is 0 Å². The van der Waals surface area contributed by atoms with Crippen molar-refractivity contribution in [3.05, 3.63) is 65.0 Å². The minimum Gasteiger partial charge on any atom is -0.264 e. The van der Waals surface area contributed by atoms with E-state index in [1.165, 1.54) is 23.3 Å². The van der Waals surface area contributed by atoms with E-state index in [-0.39, 0.29) is 5.92 Å². The highest BCUT2D eigenvalue weighted by atomic mass is 19.4. The summed E-state index contributed by atoms with van der Waals surface area (Å²) in [5.41, 5.74) is 2.77. The fraction of sp³-hybridized carbons (Fsp3) is 0.312. The molecule has 0 radical (unpaired) electrons. The smallest absolute Gasteiger partial charge is 0.264 e. The first kappa shape index (κ1) is 13.2. The average Bonchev–Trinajstić information content (AvgIpc) is 2.46. The number of halogens is 3. The van der Waals surface area contributed by atoms with Crippen molar-refractivity contribution >= 4 is 0 Å². The van der Waals surface area contributed by atoms with Gasteiger partial charge in [0.2, 0.25) is 0 Å². The van der Waals surface area contributed by atoms with Crippen molar-refractivity contribution in [1.29, 1.82) is 0 Å². The third-order valence-corrected chi connectivity index (χ3v) is 3.90. The van der Waals surface area contributed by atoms with Crippen molar-refractivity contribution in [2.45, 2.75) is 31.4 Å². The normalized spacial score (nSPS) is 18.6. The molecule has 1 aromatic carbocycles. The molecule has 2 aromatic rings. The average molecular weight is 277 g/mol. The lowest BCUT2D eigenvalue weighted by atomic mass is 9.79. The van der Waals surface area contributed by atoms with Gasteiger partial charge in [-0.25, -0.2) is 0 Å². The quantitative estimate of drug-likeness (QED) is 0.744. The molecule has 0 N–H and O–H groups in total. The van der Waals surface area contributed by atoms with Gasteiger partial charge in [-0.15, -0.1) is 0 Å². The van der Waals surface area contributed by atoms with Crippen LogP contribution in [0.3, 0.4) is 0 Å². The largest absolute Gasteiger partial charge is 0.416 e. The molecule has 20 heavy (non-hydrogen) atoms. The Balaban J connectivity index is 1.95. The van der Waals surface area contributed by atoms with E-state index in [1.54, 1.807) is 18.3 Å². The van der Waals surface area contributed by atoms with Gasteiger partial charge < -0.3 is 0 Å². The number of aryl methyl sites for hydroxylation is 1. The van der Waals surface area contributed by atoms with E-state index >= 15 is 0 Å². The van der Waals surface area contributed by atoms with Gasteiger partial charge in [0.15, 0.2) is 0 Å². The topological polar surface area (TPSA) is 12.9 Å². The molecule has 1 unspecified atom stereocenters. The van der Waals surface area contributed by atoms with Gasteiger partial charge in [-0.1, -0.05) is 12.1 Å². The monoisotopic (exact) mass is 277 g/mol. The van der Waals surface area contributed by atoms with Crippen LogP contribution in [0.1, 0.15) is 41.0 Å². The maximum absolute atomic E-state index is 12.6. The van der Waals surface area contributed by atoms with Gasteiger partial charge in [0, 0.05) is 18.3 Å². The summed E-state index contributed by atoms with van der Waals surface area (Å²) < 4.78 is 37.8. The van der Waals surface area contributed by atoms with E-state index in [0.717, 1.165) is 24.8 Å². The number of alkyl halides is 3. The summed E-state index contributed by atoms with van der Waals surface area (Å²) in [5, 5.41) is 0. The number of fused-ring (bicyclic) bond motifs is 1. The molecule has 1 atom stereocenters. The zero-order chi connectivity index (χ0) is 14.2. The van der Waals surface area contributed by atoms with Gasteiger partial charge in [0.25, 0.3) is 0 Å². The Kier molecular flexibility index (Phi) is 3.24. The Hall–Kier alpha value is -1.84. The number of nitrogens with zero attached hydrogens (tertiary/aromatic N) is 1. The van der Waals surface area contributed by atoms with Crippen molar-refractivity contribution in [1.82, 2.24) is 4.98 Å². The van der Waals surface area contributed by atoms with Crippen LogP contribution in [-0.2, 0) is 12.6 Å². The van der Waals surface area contributed by atoms with Gasteiger partial charge in [-0.3, -0.25) is 4.98 Å². The van der Waals surface area contributed by atoms with Crippen molar-refractivity contribution in [3.63, 3.8) is 0 Å². The van der Waals surface area contributed by atoms with Crippen molar-refractivity contribution in [3.8, 4) is 0 Å². The van der Waals surface area contributed by atoms with Crippen LogP contribution in [0.5, 0.6) is 0 Å². The van der Waals surface area contributed by atoms with Crippen LogP contribution < -0.4 is 0 Å². The van der Waals surface area contributed by atoms with E-state index < -0.39 is 11.7 Å². The molecule has 104 valence electrons. The SMILES string of the molecule is FC(F)(F)c1ccc(C2CCCc3cnccc32)cc1. The van der Waals surface area contributed by atoms with Gasteiger partial charge in [-0.05, 0) is 54.2 Å². The molecule has 0 spiro atoms. The summed E-state index contributed by atoms with van der Waals surface area (Å²) in [6.07, 6.45) is 2.37. The standard InChI is InChI=1S/C16H14F3N/c17-16(18,19)13-6-4-11(5-7-13)14-3-1-2-12-10-20-9-8-15(12)14/h4-10,14H,1-3H2. The molecule has 0 saturated heterocycles. The van der Waals surface area contributed by atoms with Crippen molar-refractivity contribution in [2.75, 3.05) is 0 Å². The van der Waals surface area contributed by atoms with Gasteiger partial charge in [0.1, 0.15) is 0 Å². The van der Waals surface area contributed by atoms with Crippen LogP contribution in [0.15, 0.2) is 42.7 Å². The third-order valence-electron chi connectivity index (χ3n) is 3.90. The Morgan fingerprint density at radius 1 is 1.05 bits per heavy atom. The third kappa shape index (κ3) is 2.42. The molecular weight excluding hydrogens is 263 g/mol. The predicted molar refractivity (Wildman–Crippen MR) is 70.5 cm³/mol. The molecule has 0 amide bonds. The first-order chi connectivity index (χ1) is 9.55. The zero-order valence-corrected chi connectivity index (χ0v) is 10.8. The second-order valence-electron chi connectivity index (χ2n) is 5.14. The summed E-state index contributed by atoms with van der Waals surface area (Å²) in [4.78, 5) is 4.12. The fourth-order valence-corrected chi connectivity index (χ4v) is 2.89. The summed E-state index contributed by atoms with van der Waals surface area (Å²) in [6, 6.07) is 7.53. The predicted octanol–water partition coefficient (Wildman–Crippen LogP) is 4.57. The maximum atomic E-state index is 12.6. The lowest BCUT2D eigenvalue weighted by Crippen LogP contribution is -2.12. The Labute approximate surface area is 115 Å². The van der Waals surface area contributed by atoms with E-state index in [9.17, 15) is 13.2 Å². The van der Waals surface area contributed by atoms with Crippen LogP contribution >= 0.6 is 0 Å². The van der Waals surface area contributed by atoms with Gasteiger partial charge in [-0.2, -0.15) is 13.2 Å². The molecule has 3 rings (SSSR count). The summed E-state index contributed by atoms with van der Waals surface area (Å²) in [6.45, 7) is 0. The maximum Gasteiger partial charge on any atom is 0.416 e. The number of benzene rings is 1. The van der Waals surface area contributed by atoms with Crippen LogP contribution in [0.4, 0.5) is 13.2 Å². The fourth-order valence-electron chi connectivity index (χ4n) is 2.89. The Bertz CT molecular complexity index is 602. The number of aromatic nitrogens is 1. The lowest BCUT2D eigenvalue weighted by Gasteiger charge is -2.25. The molecule has 4 heteroatoms. The molecule has 0 saturated carbocycles. The first-order valence-corrected chi connectivity index (χ1v) is 6.65. The van der Waals surface area contributed by atoms with Crippen LogP contribution in [0.25, 0.3) is 0 Å². The van der Waals surface area contributed by atoms with E-state index in [4.69, 9.17) is 0 Å². The molecule has 0 fully saturated rings. The number of pyridine rings is 1. The van der Waals surface area contributed by atoms with Crippen LogP contribution in [0, 0.1) is 0 Å². The number of hydrogen-bond donors (Lipinski definition) is 0. The first-order valence-electron chi connectivity index (χ1n) is 6.65. The molecule has 1 aromatic heterocycles. The minimum atomic E-state index is -4.27. The molecule has 1 nitrogen and oxygen atoms in total. The van der Waals surface area contributed by atoms with E-state index in [1.807, 2.05) is 12.3 Å². The second kappa shape index (κ2) is 4.93. The lowest BCUT2D eigenvalue weighted by molar-refractivity contribution is -0.137. The van der Waals surface area contributed by atoms with Crippen LogP contribution in [-0.4, -0.2) is 4.98 Å². The summed E-state index contributed by atoms with van der Waals surface area (Å²) in [5.74, 6) is 0.184. The molecule has 1 aliphatic rings. The highest BCUT2D eigenvalue weighted by Crippen LogP contribution is 2.37. The molecule has 1 aliphatic carbocycles. The van der Waals surface area contributed by atoms with Crippen molar-refractivity contribution < 1.29 is 13.2 Å². The molecule has 1 heterocycles. The highest BCUT2D eigenvalue weighted by Gasteiger charge is 2.30. The Morgan fingerprint density at radius 3 is 2.50 bits per heavy atom. The van der Waals surface area contributed by atoms with Crippen molar-refractivity contribution in [2.24, 2.45) is 0 Å². The van der Waals surface area contributed by atoms with E-state index in [2.05, 4.69) is 4.98 Å². The summed E-state index contributed by atoms with van der Waals surface area (Å²) >= 11 is 0. The van der Waals surface area contributed by atoms with Gasteiger partial charge in [0.05, 0.1) is 5.56 Å². The molecule has 0 aliphatic heterocycles.